The quantitative estimate of drug-likeness (QED) is 0.478. The van der Waals surface area contributed by atoms with Crippen LogP contribution in [0.5, 0.6) is 0 Å². The Morgan fingerprint density at radius 1 is 1.12 bits per heavy atom. The normalized spacial score (nSPS) is 24.3. The number of carbonyl (C=O) groups is 1. The van der Waals surface area contributed by atoms with Crippen molar-refractivity contribution in [2.75, 3.05) is 6.54 Å². The standard InChI is InChI=1S/C28H33FN2O/c1-18-6-3-10-26-22(18)8-5-15-31(26)27(32)16-19(2)24-17-30-25-9-4-7-23(28(24)25)20-11-13-21(29)14-12-20/h4,7,9,11-14,17-19,22,26,30H,3,5-6,8,10,15-16H2,1-2H3. The zero-order valence-corrected chi connectivity index (χ0v) is 19.1. The third-order valence-electron chi connectivity index (χ3n) is 7.94. The second-order valence-electron chi connectivity index (χ2n) is 9.95. The third-order valence-corrected chi connectivity index (χ3v) is 7.94. The summed E-state index contributed by atoms with van der Waals surface area (Å²) < 4.78 is 13.5. The fraction of sp³-hybridized carbons (Fsp3) is 0.464. The summed E-state index contributed by atoms with van der Waals surface area (Å²) in [4.78, 5) is 19.1. The Labute approximate surface area is 190 Å². The zero-order chi connectivity index (χ0) is 22.2. The summed E-state index contributed by atoms with van der Waals surface area (Å²) in [5.41, 5.74) is 4.29. The van der Waals surface area contributed by atoms with Crippen molar-refractivity contribution < 1.29 is 9.18 Å². The maximum absolute atomic E-state index is 13.5. The van der Waals surface area contributed by atoms with E-state index in [4.69, 9.17) is 0 Å². The van der Waals surface area contributed by atoms with Gasteiger partial charge in [0.1, 0.15) is 5.82 Å². The molecular weight excluding hydrogens is 399 g/mol. The first-order valence-electron chi connectivity index (χ1n) is 12.2. The van der Waals surface area contributed by atoms with E-state index >= 15 is 0 Å². The van der Waals surface area contributed by atoms with Crippen molar-refractivity contribution in [1.29, 1.82) is 0 Å². The van der Waals surface area contributed by atoms with Crippen LogP contribution in [0.3, 0.4) is 0 Å². The number of carbonyl (C=O) groups excluding carboxylic acids is 1. The second-order valence-corrected chi connectivity index (χ2v) is 9.95. The van der Waals surface area contributed by atoms with Crippen molar-refractivity contribution >= 4 is 16.8 Å². The van der Waals surface area contributed by atoms with Gasteiger partial charge in [0.25, 0.3) is 0 Å². The number of piperidine rings is 1. The van der Waals surface area contributed by atoms with Gasteiger partial charge in [0.05, 0.1) is 0 Å². The third kappa shape index (κ3) is 3.85. The fourth-order valence-electron chi connectivity index (χ4n) is 6.25. The van der Waals surface area contributed by atoms with Crippen LogP contribution in [-0.2, 0) is 4.79 Å². The first-order valence-corrected chi connectivity index (χ1v) is 12.2. The molecular formula is C28H33FN2O. The van der Waals surface area contributed by atoms with Crippen LogP contribution in [0.25, 0.3) is 22.0 Å². The largest absolute Gasteiger partial charge is 0.361 e. The van der Waals surface area contributed by atoms with Gasteiger partial charge in [-0.3, -0.25) is 4.79 Å². The smallest absolute Gasteiger partial charge is 0.223 e. The van der Waals surface area contributed by atoms with E-state index in [0.717, 1.165) is 47.3 Å². The highest BCUT2D eigenvalue weighted by Crippen LogP contribution is 2.40. The summed E-state index contributed by atoms with van der Waals surface area (Å²) in [6.07, 6.45) is 8.70. The average Bonchev–Trinajstić information content (AvgIpc) is 3.24. The lowest BCUT2D eigenvalue weighted by molar-refractivity contribution is -0.138. The maximum atomic E-state index is 13.5. The minimum absolute atomic E-state index is 0.110. The average molecular weight is 433 g/mol. The van der Waals surface area contributed by atoms with Crippen LogP contribution in [0.1, 0.15) is 63.9 Å². The number of nitrogens with one attached hydrogen (secondary N) is 1. The summed E-state index contributed by atoms with van der Waals surface area (Å²) in [7, 11) is 0. The predicted octanol–water partition coefficient (Wildman–Crippen LogP) is 6.89. The topological polar surface area (TPSA) is 36.1 Å². The molecule has 2 fully saturated rings. The molecule has 0 spiro atoms. The number of rotatable bonds is 4. The van der Waals surface area contributed by atoms with Crippen LogP contribution < -0.4 is 0 Å². The van der Waals surface area contributed by atoms with Gasteiger partial charge >= 0.3 is 0 Å². The molecule has 1 aliphatic carbocycles. The van der Waals surface area contributed by atoms with Crippen molar-refractivity contribution in [2.45, 2.75) is 64.3 Å². The van der Waals surface area contributed by atoms with Gasteiger partial charge in [-0.15, -0.1) is 0 Å². The lowest BCUT2D eigenvalue weighted by Crippen LogP contribution is -2.51. The number of aromatic amines is 1. The number of aromatic nitrogens is 1. The number of likely N-dealkylation sites (tertiary alicyclic amines) is 1. The minimum Gasteiger partial charge on any atom is -0.361 e. The molecule has 3 aromatic rings. The van der Waals surface area contributed by atoms with Gasteiger partial charge in [0, 0.05) is 36.1 Å². The van der Waals surface area contributed by atoms with Crippen LogP contribution >= 0.6 is 0 Å². The van der Waals surface area contributed by atoms with Gasteiger partial charge in [-0.1, -0.05) is 51.0 Å². The molecule has 4 heteroatoms. The predicted molar refractivity (Wildman–Crippen MR) is 128 cm³/mol. The molecule has 2 heterocycles. The molecule has 1 amide bonds. The Morgan fingerprint density at radius 2 is 1.94 bits per heavy atom. The molecule has 32 heavy (non-hydrogen) atoms. The molecule has 0 bridgehead atoms. The second kappa shape index (κ2) is 8.73. The number of halogens is 1. The van der Waals surface area contributed by atoms with Crippen molar-refractivity contribution in [3.8, 4) is 11.1 Å². The van der Waals surface area contributed by atoms with Crippen LogP contribution in [0.15, 0.2) is 48.7 Å². The summed E-state index contributed by atoms with van der Waals surface area (Å²) in [5, 5.41) is 1.14. The van der Waals surface area contributed by atoms with E-state index in [1.54, 1.807) is 0 Å². The van der Waals surface area contributed by atoms with E-state index < -0.39 is 0 Å². The van der Waals surface area contributed by atoms with E-state index in [1.165, 1.54) is 37.0 Å². The summed E-state index contributed by atoms with van der Waals surface area (Å²) in [5.74, 6) is 1.59. The van der Waals surface area contributed by atoms with Crippen molar-refractivity contribution in [2.24, 2.45) is 11.8 Å². The van der Waals surface area contributed by atoms with Crippen LogP contribution in [0.4, 0.5) is 4.39 Å². The van der Waals surface area contributed by atoms with Crippen LogP contribution in [0.2, 0.25) is 0 Å². The highest BCUT2D eigenvalue weighted by Gasteiger charge is 2.39. The SMILES string of the molecule is CC(CC(=O)N1CCCC2C(C)CCCC21)c1c[nH]c2cccc(-c3ccc(F)cc3)c12. The molecule has 1 saturated carbocycles. The Bertz CT molecular complexity index is 1100. The molecule has 4 atom stereocenters. The fourth-order valence-corrected chi connectivity index (χ4v) is 6.25. The number of hydrogen-bond donors (Lipinski definition) is 1. The minimum atomic E-state index is -0.231. The lowest BCUT2D eigenvalue weighted by Gasteiger charge is -2.47. The van der Waals surface area contributed by atoms with Crippen molar-refractivity contribution in [3.63, 3.8) is 0 Å². The lowest BCUT2D eigenvalue weighted by atomic mass is 9.72. The van der Waals surface area contributed by atoms with Gasteiger partial charge in [-0.05, 0) is 71.9 Å². The van der Waals surface area contributed by atoms with E-state index in [2.05, 4.69) is 42.1 Å². The van der Waals surface area contributed by atoms with Crippen molar-refractivity contribution in [3.05, 3.63) is 60.0 Å². The van der Waals surface area contributed by atoms with Crippen LogP contribution in [0, 0.1) is 17.7 Å². The summed E-state index contributed by atoms with van der Waals surface area (Å²) in [6.45, 7) is 5.44. The molecule has 1 saturated heterocycles. The first-order chi connectivity index (χ1) is 15.5. The molecule has 2 aromatic carbocycles. The summed E-state index contributed by atoms with van der Waals surface area (Å²) in [6, 6.07) is 13.3. The van der Waals surface area contributed by atoms with E-state index in [0.29, 0.717) is 24.3 Å². The number of H-pyrrole nitrogens is 1. The van der Waals surface area contributed by atoms with Crippen LogP contribution in [-0.4, -0.2) is 28.4 Å². The van der Waals surface area contributed by atoms with E-state index in [-0.39, 0.29) is 11.7 Å². The first kappa shape index (κ1) is 21.2. The molecule has 2 aliphatic rings. The number of amides is 1. The highest BCUT2D eigenvalue weighted by molar-refractivity contribution is 5.98. The van der Waals surface area contributed by atoms with Gasteiger partial charge < -0.3 is 9.88 Å². The molecule has 0 radical (unpaired) electrons. The van der Waals surface area contributed by atoms with Gasteiger partial charge in [-0.25, -0.2) is 4.39 Å². The molecule has 3 nitrogen and oxygen atoms in total. The summed E-state index contributed by atoms with van der Waals surface area (Å²) >= 11 is 0. The van der Waals surface area contributed by atoms with Gasteiger partial charge in [0.15, 0.2) is 0 Å². The Balaban J connectivity index is 1.41. The molecule has 4 unspecified atom stereocenters. The van der Waals surface area contributed by atoms with Gasteiger partial charge in [0.2, 0.25) is 5.91 Å². The monoisotopic (exact) mass is 432 g/mol. The van der Waals surface area contributed by atoms with E-state index in [9.17, 15) is 9.18 Å². The number of nitrogens with zero attached hydrogens (tertiary/aromatic N) is 1. The highest BCUT2D eigenvalue weighted by atomic mass is 19.1. The molecule has 168 valence electrons. The molecule has 1 aliphatic heterocycles. The Hall–Kier alpha value is -2.62. The zero-order valence-electron chi connectivity index (χ0n) is 19.1. The van der Waals surface area contributed by atoms with E-state index in [1.807, 2.05) is 18.2 Å². The van der Waals surface area contributed by atoms with Gasteiger partial charge in [-0.2, -0.15) is 0 Å². The number of benzene rings is 2. The number of hydrogen-bond acceptors (Lipinski definition) is 1. The molecule has 1 aromatic heterocycles. The molecule has 5 rings (SSSR count). The van der Waals surface area contributed by atoms with Crippen molar-refractivity contribution in [1.82, 2.24) is 9.88 Å². The molecule has 1 N–H and O–H groups in total. The number of fused-ring (bicyclic) bond motifs is 2. The maximum Gasteiger partial charge on any atom is 0.223 e. The Kier molecular flexibility index (Phi) is 5.79. The Morgan fingerprint density at radius 3 is 2.75 bits per heavy atom.